The number of amides is 1. The van der Waals surface area contributed by atoms with Gasteiger partial charge < -0.3 is 5.32 Å². The summed E-state index contributed by atoms with van der Waals surface area (Å²) in [6.07, 6.45) is 0.406. The monoisotopic (exact) mass is 350 g/mol. The molecule has 0 fully saturated rings. The molecule has 2 aromatic heterocycles. The van der Waals surface area contributed by atoms with Gasteiger partial charge in [-0.25, -0.2) is 4.98 Å². The van der Waals surface area contributed by atoms with Gasteiger partial charge in [-0.3, -0.25) is 4.79 Å². The summed E-state index contributed by atoms with van der Waals surface area (Å²) in [4.78, 5) is 17.9. The topological polar surface area (TPSA) is 42.0 Å². The van der Waals surface area contributed by atoms with Crippen LogP contribution in [0.2, 0.25) is 0 Å². The van der Waals surface area contributed by atoms with Crippen molar-refractivity contribution in [2.45, 2.75) is 6.42 Å². The number of carbonyl (C=O) groups is 1. The van der Waals surface area contributed by atoms with E-state index >= 15 is 0 Å². The molecule has 118 valence electrons. The number of carbonyl (C=O) groups excluding carboxylic acids is 1. The average molecular weight is 350 g/mol. The maximum Gasteiger partial charge on any atom is 0.229 e. The van der Waals surface area contributed by atoms with Crippen molar-refractivity contribution in [3.05, 3.63) is 70.9 Å². The van der Waals surface area contributed by atoms with Gasteiger partial charge in [0.1, 0.15) is 5.01 Å². The maximum atomic E-state index is 12.2. The van der Waals surface area contributed by atoms with E-state index in [0.29, 0.717) is 6.42 Å². The van der Waals surface area contributed by atoms with Gasteiger partial charge in [-0.1, -0.05) is 30.3 Å². The van der Waals surface area contributed by atoms with Crippen LogP contribution in [0.3, 0.4) is 0 Å². The summed E-state index contributed by atoms with van der Waals surface area (Å²) < 4.78 is 1.17. The number of anilines is 1. The first-order valence-corrected chi connectivity index (χ1v) is 9.26. The molecule has 2 heterocycles. The van der Waals surface area contributed by atoms with Crippen LogP contribution in [-0.4, -0.2) is 10.9 Å². The molecule has 1 N–H and O–H groups in total. The molecule has 0 aliphatic carbocycles. The Morgan fingerprint density at radius 3 is 2.79 bits per heavy atom. The fraction of sp³-hybridized carbons (Fsp3) is 0.0526. The lowest BCUT2D eigenvalue weighted by Crippen LogP contribution is -2.13. The third-order valence-corrected chi connectivity index (χ3v) is 5.56. The van der Waals surface area contributed by atoms with Crippen LogP contribution in [0.5, 0.6) is 0 Å². The summed E-state index contributed by atoms with van der Waals surface area (Å²) in [5.74, 6) is -0.00102. The van der Waals surface area contributed by atoms with Crippen LogP contribution in [-0.2, 0) is 11.2 Å². The molecule has 0 unspecified atom stereocenters. The number of nitrogens with zero attached hydrogens (tertiary/aromatic N) is 1. The first kappa shape index (κ1) is 15.1. The van der Waals surface area contributed by atoms with E-state index in [-0.39, 0.29) is 5.91 Å². The Morgan fingerprint density at radius 1 is 1.04 bits per heavy atom. The number of benzene rings is 2. The van der Waals surface area contributed by atoms with Crippen molar-refractivity contribution >= 4 is 44.5 Å². The zero-order chi connectivity index (χ0) is 16.4. The normalized spacial score (nSPS) is 10.8. The number of rotatable bonds is 4. The lowest BCUT2D eigenvalue weighted by molar-refractivity contribution is -0.115. The van der Waals surface area contributed by atoms with Gasteiger partial charge in [0.25, 0.3) is 0 Å². The van der Waals surface area contributed by atoms with Crippen LogP contribution in [0.1, 0.15) is 4.88 Å². The molecule has 1 amide bonds. The minimum absolute atomic E-state index is 0.00102. The Morgan fingerprint density at radius 2 is 1.96 bits per heavy atom. The van der Waals surface area contributed by atoms with E-state index in [2.05, 4.69) is 16.4 Å². The molecule has 0 bridgehead atoms. The first-order valence-electron chi connectivity index (χ1n) is 7.56. The molecule has 0 radical (unpaired) electrons. The third kappa shape index (κ3) is 3.22. The van der Waals surface area contributed by atoms with Gasteiger partial charge in [-0.2, -0.15) is 0 Å². The van der Waals surface area contributed by atoms with Gasteiger partial charge in [0.15, 0.2) is 0 Å². The van der Waals surface area contributed by atoms with Crippen LogP contribution in [0.4, 0.5) is 5.69 Å². The van der Waals surface area contributed by atoms with Crippen LogP contribution >= 0.6 is 22.7 Å². The molecule has 5 heteroatoms. The van der Waals surface area contributed by atoms with E-state index in [4.69, 9.17) is 0 Å². The summed E-state index contributed by atoms with van der Waals surface area (Å²) in [6.45, 7) is 0. The Labute approximate surface area is 147 Å². The molecule has 24 heavy (non-hydrogen) atoms. The molecule has 0 saturated heterocycles. The molecule has 2 aromatic carbocycles. The number of hydrogen-bond acceptors (Lipinski definition) is 4. The largest absolute Gasteiger partial charge is 0.326 e. The van der Waals surface area contributed by atoms with E-state index in [1.165, 1.54) is 4.70 Å². The quantitative estimate of drug-likeness (QED) is 0.549. The van der Waals surface area contributed by atoms with Crippen LogP contribution in [0, 0.1) is 0 Å². The van der Waals surface area contributed by atoms with E-state index in [9.17, 15) is 4.79 Å². The Hall–Kier alpha value is -2.50. The number of thiazole rings is 1. The predicted molar refractivity (Wildman–Crippen MR) is 102 cm³/mol. The standard InChI is InChI=1S/C19H14N2OS2/c22-18(12-15-7-4-10-23-15)20-14-6-3-5-13(11-14)19-21-16-8-1-2-9-17(16)24-19/h1-11H,12H2,(H,20,22). The summed E-state index contributed by atoms with van der Waals surface area (Å²) in [7, 11) is 0. The second-order valence-corrected chi connectivity index (χ2v) is 7.43. The lowest BCUT2D eigenvalue weighted by Gasteiger charge is -2.05. The second-order valence-electron chi connectivity index (χ2n) is 5.37. The molecule has 3 nitrogen and oxygen atoms in total. The number of fused-ring (bicyclic) bond motifs is 1. The summed E-state index contributed by atoms with van der Waals surface area (Å²) >= 11 is 3.25. The number of hydrogen-bond donors (Lipinski definition) is 1. The fourth-order valence-electron chi connectivity index (χ4n) is 2.50. The highest BCUT2D eigenvalue weighted by atomic mass is 32.1. The molecular formula is C19H14N2OS2. The molecule has 0 saturated carbocycles. The van der Waals surface area contributed by atoms with Gasteiger partial charge in [0, 0.05) is 16.1 Å². The average Bonchev–Trinajstić information content (AvgIpc) is 3.24. The molecule has 4 rings (SSSR count). The van der Waals surface area contributed by atoms with Gasteiger partial charge >= 0.3 is 0 Å². The summed E-state index contributed by atoms with van der Waals surface area (Å²) in [5.41, 5.74) is 2.82. The highest BCUT2D eigenvalue weighted by Crippen LogP contribution is 2.31. The minimum atomic E-state index is -0.00102. The Balaban J connectivity index is 1.55. The van der Waals surface area contributed by atoms with E-state index in [1.807, 2.05) is 60.0 Å². The third-order valence-electron chi connectivity index (χ3n) is 3.60. The zero-order valence-corrected chi connectivity index (χ0v) is 14.4. The number of thiophene rings is 1. The first-order chi connectivity index (χ1) is 11.8. The Bertz CT molecular complexity index is 956. The van der Waals surface area contributed by atoms with Crippen molar-refractivity contribution in [2.75, 3.05) is 5.32 Å². The lowest BCUT2D eigenvalue weighted by atomic mass is 10.2. The van der Waals surface area contributed by atoms with Gasteiger partial charge in [-0.05, 0) is 35.7 Å². The van der Waals surface area contributed by atoms with Gasteiger partial charge in [0.05, 0.1) is 16.6 Å². The van der Waals surface area contributed by atoms with Crippen molar-refractivity contribution in [2.24, 2.45) is 0 Å². The zero-order valence-electron chi connectivity index (χ0n) is 12.7. The molecule has 0 atom stereocenters. The molecule has 0 aliphatic heterocycles. The second kappa shape index (κ2) is 6.55. The van der Waals surface area contributed by atoms with E-state index in [1.54, 1.807) is 22.7 Å². The smallest absolute Gasteiger partial charge is 0.229 e. The maximum absolute atomic E-state index is 12.2. The minimum Gasteiger partial charge on any atom is -0.326 e. The summed E-state index contributed by atoms with van der Waals surface area (Å²) in [5, 5.41) is 5.91. The highest BCUT2D eigenvalue weighted by molar-refractivity contribution is 7.21. The van der Waals surface area contributed by atoms with Crippen molar-refractivity contribution < 1.29 is 4.79 Å². The van der Waals surface area contributed by atoms with Crippen LogP contribution in [0.25, 0.3) is 20.8 Å². The molecule has 0 spiro atoms. The molecule has 4 aromatic rings. The number of aromatic nitrogens is 1. The molecular weight excluding hydrogens is 336 g/mol. The van der Waals surface area contributed by atoms with E-state index < -0.39 is 0 Å². The SMILES string of the molecule is O=C(Cc1cccs1)Nc1cccc(-c2nc3ccccc3s2)c1. The summed E-state index contributed by atoms with van der Waals surface area (Å²) in [6, 6.07) is 19.9. The molecule has 0 aliphatic rings. The van der Waals surface area contributed by atoms with E-state index in [0.717, 1.165) is 26.7 Å². The predicted octanol–water partition coefficient (Wildman–Crippen LogP) is 5.21. The van der Waals surface area contributed by atoms with Crippen LogP contribution in [0.15, 0.2) is 66.0 Å². The van der Waals surface area contributed by atoms with Crippen molar-refractivity contribution in [3.8, 4) is 10.6 Å². The highest BCUT2D eigenvalue weighted by Gasteiger charge is 2.09. The Kier molecular flexibility index (Phi) is 4.11. The van der Waals surface area contributed by atoms with Crippen LogP contribution < -0.4 is 5.32 Å². The van der Waals surface area contributed by atoms with Gasteiger partial charge in [0.2, 0.25) is 5.91 Å². The fourth-order valence-corrected chi connectivity index (χ4v) is 4.17. The van der Waals surface area contributed by atoms with Crippen molar-refractivity contribution in [1.29, 1.82) is 0 Å². The number of nitrogens with one attached hydrogen (secondary N) is 1. The number of para-hydroxylation sites is 1. The van der Waals surface area contributed by atoms with Crippen molar-refractivity contribution in [1.82, 2.24) is 4.98 Å². The van der Waals surface area contributed by atoms with Crippen molar-refractivity contribution in [3.63, 3.8) is 0 Å². The van der Waals surface area contributed by atoms with Gasteiger partial charge in [-0.15, -0.1) is 22.7 Å².